The van der Waals surface area contributed by atoms with Gasteiger partial charge >= 0.3 is 0 Å². The number of hydrogen-bond acceptors (Lipinski definition) is 3. The molecule has 0 spiro atoms. The van der Waals surface area contributed by atoms with Crippen LogP contribution in [0.4, 0.5) is 0 Å². The average molecular weight is 199 g/mol. The smallest absolute Gasteiger partial charge is 0.216 e. The lowest BCUT2D eigenvalue weighted by atomic mass is 9.78. The Morgan fingerprint density at radius 2 is 2.07 bits per heavy atom. The van der Waals surface area contributed by atoms with Crippen molar-refractivity contribution in [3.8, 4) is 0 Å². The molecule has 0 atom stereocenters. The fraction of sp³-hybridized carbons (Fsp3) is 0.900. The number of likely N-dealkylation sites (tertiary alicyclic amines) is 1. The second-order valence-electron chi connectivity index (χ2n) is 4.42. The van der Waals surface area contributed by atoms with Crippen molar-refractivity contribution >= 4 is 5.91 Å². The normalized spacial score (nSPS) is 21.9. The molecule has 1 amide bonds. The number of nitrogens with zero attached hydrogens (tertiary/aromatic N) is 1. The van der Waals surface area contributed by atoms with Crippen molar-refractivity contribution in [2.45, 2.75) is 19.8 Å². The summed E-state index contributed by atoms with van der Waals surface area (Å²) in [7, 11) is 2.12. The molecule has 1 aliphatic rings. The maximum absolute atomic E-state index is 10.8. The van der Waals surface area contributed by atoms with E-state index in [0.29, 0.717) is 6.54 Å². The van der Waals surface area contributed by atoms with E-state index in [-0.39, 0.29) is 11.3 Å². The number of piperidine rings is 1. The van der Waals surface area contributed by atoms with Gasteiger partial charge in [-0.2, -0.15) is 0 Å². The first kappa shape index (κ1) is 11.5. The number of carbonyl (C=O) groups is 1. The van der Waals surface area contributed by atoms with E-state index < -0.39 is 0 Å². The number of nitrogens with one attached hydrogen (secondary N) is 1. The Balaban J connectivity index is 2.45. The summed E-state index contributed by atoms with van der Waals surface area (Å²) in [6.07, 6.45) is 2.17. The number of nitrogens with two attached hydrogens (primary N) is 1. The van der Waals surface area contributed by atoms with Gasteiger partial charge < -0.3 is 16.0 Å². The van der Waals surface area contributed by atoms with Crippen LogP contribution in [-0.4, -0.2) is 44.0 Å². The van der Waals surface area contributed by atoms with E-state index in [4.69, 9.17) is 5.73 Å². The average Bonchev–Trinajstić information content (AvgIpc) is 2.18. The third-order valence-corrected chi connectivity index (χ3v) is 3.19. The molecule has 1 aliphatic heterocycles. The van der Waals surface area contributed by atoms with Crippen molar-refractivity contribution in [2.24, 2.45) is 11.1 Å². The van der Waals surface area contributed by atoms with Crippen LogP contribution in [0, 0.1) is 5.41 Å². The molecule has 4 nitrogen and oxygen atoms in total. The Labute approximate surface area is 85.8 Å². The first-order chi connectivity index (χ1) is 6.58. The van der Waals surface area contributed by atoms with Gasteiger partial charge in [-0.05, 0) is 39.5 Å². The van der Waals surface area contributed by atoms with Crippen LogP contribution in [0.1, 0.15) is 19.8 Å². The van der Waals surface area contributed by atoms with Crippen molar-refractivity contribution in [1.82, 2.24) is 10.2 Å². The fourth-order valence-corrected chi connectivity index (χ4v) is 1.86. The van der Waals surface area contributed by atoms with Gasteiger partial charge in [-0.25, -0.2) is 0 Å². The number of hydrogen-bond donors (Lipinski definition) is 2. The van der Waals surface area contributed by atoms with E-state index >= 15 is 0 Å². The highest BCUT2D eigenvalue weighted by atomic mass is 16.1. The first-order valence-electron chi connectivity index (χ1n) is 5.21. The molecular formula is C10H21N3O. The van der Waals surface area contributed by atoms with Gasteiger partial charge in [-0.15, -0.1) is 0 Å². The Morgan fingerprint density at radius 3 is 2.50 bits per heavy atom. The topological polar surface area (TPSA) is 58.4 Å². The van der Waals surface area contributed by atoms with E-state index in [2.05, 4.69) is 17.3 Å². The largest absolute Gasteiger partial charge is 0.356 e. The molecule has 0 aliphatic carbocycles. The highest BCUT2D eigenvalue weighted by Gasteiger charge is 2.32. The number of carbonyl (C=O) groups excluding carboxylic acids is 1. The Bertz CT molecular complexity index is 198. The van der Waals surface area contributed by atoms with Crippen LogP contribution in [0.5, 0.6) is 0 Å². The summed E-state index contributed by atoms with van der Waals surface area (Å²) in [5, 5.41) is 2.88. The Kier molecular flexibility index (Phi) is 3.89. The molecule has 0 unspecified atom stereocenters. The van der Waals surface area contributed by atoms with E-state index in [0.717, 1.165) is 32.5 Å². The summed E-state index contributed by atoms with van der Waals surface area (Å²) in [6.45, 7) is 5.11. The van der Waals surface area contributed by atoms with Crippen molar-refractivity contribution in [3.63, 3.8) is 0 Å². The van der Waals surface area contributed by atoms with Gasteiger partial charge in [0.05, 0.1) is 0 Å². The van der Waals surface area contributed by atoms with Gasteiger partial charge in [0.15, 0.2) is 0 Å². The summed E-state index contributed by atoms with van der Waals surface area (Å²) >= 11 is 0. The summed E-state index contributed by atoms with van der Waals surface area (Å²) in [5.74, 6) is 0.0387. The summed E-state index contributed by atoms with van der Waals surface area (Å²) in [5.41, 5.74) is 5.94. The van der Waals surface area contributed by atoms with Crippen LogP contribution in [0.25, 0.3) is 0 Å². The van der Waals surface area contributed by atoms with Gasteiger partial charge in [-0.3, -0.25) is 4.79 Å². The van der Waals surface area contributed by atoms with Crippen LogP contribution in [0.3, 0.4) is 0 Å². The zero-order valence-corrected chi connectivity index (χ0v) is 9.18. The van der Waals surface area contributed by atoms with Crippen molar-refractivity contribution in [2.75, 3.05) is 33.2 Å². The Morgan fingerprint density at radius 1 is 1.50 bits per heavy atom. The second kappa shape index (κ2) is 4.75. The summed E-state index contributed by atoms with van der Waals surface area (Å²) in [6, 6.07) is 0. The lowest BCUT2D eigenvalue weighted by Crippen LogP contribution is -2.48. The van der Waals surface area contributed by atoms with E-state index in [1.54, 1.807) is 6.92 Å². The monoisotopic (exact) mass is 199 g/mol. The molecule has 0 bridgehead atoms. The van der Waals surface area contributed by atoms with Gasteiger partial charge in [0.25, 0.3) is 0 Å². The molecule has 0 aromatic rings. The summed E-state index contributed by atoms with van der Waals surface area (Å²) in [4.78, 5) is 13.2. The third kappa shape index (κ3) is 2.96. The second-order valence-corrected chi connectivity index (χ2v) is 4.42. The molecule has 0 aromatic carbocycles. The van der Waals surface area contributed by atoms with Gasteiger partial charge in [0.1, 0.15) is 0 Å². The minimum Gasteiger partial charge on any atom is -0.356 e. The number of rotatable bonds is 3. The Hall–Kier alpha value is -0.610. The highest BCUT2D eigenvalue weighted by molar-refractivity contribution is 5.72. The minimum absolute atomic E-state index is 0.0387. The van der Waals surface area contributed by atoms with Crippen LogP contribution in [-0.2, 0) is 4.79 Å². The van der Waals surface area contributed by atoms with Crippen LogP contribution < -0.4 is 11.1 Å². The first-order valence-corrected chi connectivity index (χ1v) is 5.21. The molecule has 3 N–H and O–H groups in total. The maximum atomic E-state index is 10.8. The van der Waals surface area contributed by atoms with Crippen molar-refractivity contribution in [3.05, 3.63) is 0 Å². The molecule has 1 saturated heterocycles. The minimum atomic E-state index is 0.0387. The molecule has 0 saturated carbocycles. The quantitative estimate of drug-likeness (QED) is 0.661. The van der Waals surface area contributed by atoms with Gasteiger partial charge in [0, 0.05) is 18.9 Å². The number of amides is 1. The molecule has 0 radical (unpaired) electrons. The zero-order valence-electron chi connectivity index (χ0n) is 9.18. The lowest BCUT2D eigenvalue weighted by Gasteiger charge is -2.39. The molecule has 1 fully saturated rings. The SMILES string of the molecule is CC(=O)NCC1(CN)CCN(C)CC1. The lowest BCUT2D eigenvalue weighted by molar-refractivity contribution is -0.119. The van der Waals surface area contributed by atoms with E-state index in [1.165, 1.54) is 0 Å². The van der Waals surface area contributed by atoms with Crippen molar-refractivity contribution < 1.29 is 4.79 Å². The summed E-state index contributed by atoms with van der Waals surface area (Å²) < 4.78 is 0. The molecular weight excluding hydrogens is 178 g/mol. The molecule has 1 rings (SSSR count). The third-order valence-electron chi connectivity index (χ3n) is 3.19. The van der Waals surface area contributed by atoms with Crippen LogP contribution >= 0.6 is 0 Å². The predicted molar refractivity (Wildman–Crippen MR) is 56.9 cm³/mol. The van der Waals surface area contributed by atoms with E-state index in [9.17, 15) is 4.79 Å². The zero-order chi connectivity index (χ0) is 10.6. The van der Waals surface area contributed by atoms with Crippen molar-refractivity contribution in [1.29, 1.82) is 0 Å². The molecule has 14 heavy (non-hydrogen) atoms. The highest BCUT2D eigenvalue weighted by Crippen LogP contribution is 2.28. The van der Waals surface area contributed by atoms with Crippen LogP contribution in [0.2, 0.25) is 0 Å². The molecule has 82 valence electrons. The molecule has 0 aromatic heterocycles. The van der Waals surface area contributed by atoms with Gasteiger partial charge in [-0.1, -0.05) is 0 Å². The maximum Gasteiger partial charge on any atom is 0.216 e. The molecule has 4 heteroatoms. The fourth-order valence-electron chi connectivity index (χ4n) is 1.86. The van der Waals surface area contributed by atoms with Crippen LogP contribution in [0.15, 0.2) is 0 Å². The molecule has 1 heterocycles. The standard InChI is InChI=1S/C10H21N3O/c1-9(14)12-8-10(7-11)3-5-13(2)6-4-10/h3-8,11H2,1-2H3,(H,12,14). The predicted octanol–water partition coefficient (Wildman–Crippen LogP) is -0.207. The van der Waals surface area contributed by atoms with Gasteiger partial charge in [0.2, 0.25) is 5.91 Å². The van der Waals surface area contributed by atoms with E-state index in [1.807, 2.05) is 0 Å².